The van der Waals surface area contributed by atoms with Crippen LogP contribution in [0.3, 0.4) is 0 Å². The van der Waals surface area contributed by atoms with Crippen LogP contribution in [-0.4, -0.2) is 339 Å². The number of aliphatic hydroxyl groups excluding tert-OH is 10. The summed E-state index contributed by atoms with van der Waals surface area (Å²) in [6.07, 6.45) is -28.5. The zero-order valence-corrected chi connectivity index (χ0v) is 57.7. The first kappa shape index (κ1) is 83.0. The summed E-state index contributed by atoms with van der Waals surface area (Å²) in [5, 5.41) is 116. The summed E-state index contributed by atoms with van der Waals surface area (Å²) >= 11 is 0. The first-order chi connectivity index (χ1) is 49.5. The Hall–Kier alpha value is -5.06. The van der Waals surface area contributed by atoms with E-state index in [0.29, 0.717) is 19.3 Å². The SMILES string of the molecule is CNC1C(O[C@H]2OC(CO)[C@@H](NC(=O)[C@@H](O)CN)[C@H](O)C2O)O[C@H]2C[C@H](N)[C@@H](O[C@@H]3C(N)C[C@@H](N)C[C@H]3O)OC2C1O.C[C@H]1C[C@@H]2OC(O[C@H]3OC(CO)[C@@H](N)[C@H](O)C3O)C3C(OC(=O)N3C)C2O[C@@H]1O[C@@H]1C(NC(=O)OCc2ccccc2)C[C@@H](NC(=O)OCc2ccccc2)C[C@H]1O.[B]B([B])[B]. The standard InChI is InChI=1S/C39H52N4O15.C24H46N6O12.B4/c1-19-13-25-32(33-28(43(2)39(50)57-33)35(53-25)58-36-30(47)29(46)27(40)26(16-44)54-36)56-34(19)55-31-23(42-38(49)52-18-21-11-7-4-8-12-21)14-22(15-24(31)45)41-37(48)51-17-20-9-5-3-6-10-20;1-29-15-17(35)20-12(4-9(28)22(41-20)40-19-8(27)2-7(26)3-10(19)32)38-23(15)42-24-18(36)16(34)14(13(6-31)39-24)30-21(37)11(33)5-25;1-4(2)3/h3-12,19,22-36,44-47H,13-18,40H2,1-2H3,(H,41,48)(H,42,49);7-20,22-24,29,31-36H,2-6,25-28H2,1H3,(H,30,37);/t19-,22+,23?,24+,25-,26?,27+,28?,29-,30?,31+,32?,33?,34-,35?,36+;7-,8?,9+,10-,11+,12+,13?,14-,15?,16+,17?,18?,19-,20?,22+,23?,24-;/m01./s1. The Bertz CT molecular complexity index is 3010. The van der Waals surface area contributed by atoms with Crippen molar-refractivity contribution in [2.45, 2.75) is 255 Å². The van der Waals surface area contributed by atoms with Gasteiger partial charge in [-0.3, -0.25) is 9.69 Å². The van der Waals surface area contributed by atoms with E-state index in [1.54, 1.807) is 0 Å². The Kier molecular flexibility index (Phi) is 30.2. The average molecular weight is 1470 g/mol. The van der Waals surface area contributed by atoms with Crippen LogP contribution in [0, 0.1) is 5.92 Å². The van der Waals surface area contributed by atoms with Crippen molar-refractivity contribution >= 4 is 53.8 Å². The summed E-state index contributed by atoms with van der Waals surface area (Å²) < 4.78 is 77.3. The van der Waals surface area contributed by atoms with Gasteiger partial charge in [0.1, 0.15) is 92.5 Å². The van der Waals surface area contributed by atoms with E-state index < -0.39 is 234 Å². The topological polar surface area (TPSA) is 572 Å². The molecule has 41 heteroatoms. The van der Waals surface area contributed by atoms with Crippen LogP contribution < -0.4 is 49.9 Å². The van der Waals surface area contributed by atoms with Crippen LogP contribution in [0.5, 0.6) is 0 Å². The number of amides is 4. The molecule has 9 aliphatic rings. The molecule has 7 heterocycles. The molecule has 2 saturated carbocycles. The number of hydrogen-bond acceptors (Lipinski definition) is 33. The summed E-state index contributed by atoms with van der Waals surface area (Å²) in [6, 6.07) is 11.1. The first-order valence-corrected chi connectivity index (χ1v) is 34.6. The monoisotopic (exact) mass is 1470 g/mol. The van der Waals surface area contributed by atoms with Gasteiger partial charge in [0.15, 0.2) is 43.8 Å². The fourth-order valence-corrected chi connectivity index (χ4v) is 14.2. The molecular formula is C63H98B4N10O27. The molecule has 14 unspecified atom stereocenters. The molecule has 574 valence electrons. The molecule has 24 N–H and O–H groups in total. The number of fused-ring (bicyclic) bond motifs is 4. The van der Waals surface area contributed by atoms with Crippen LogP contribution in [-0.2, 0) is 79.6 Å². The summed E-state index contributed by atoms with van der Waals surface area (Å²) in [6.45, 7) is 0.276. The lowest BCUT2D eigenvalue weighted by Gasteiger charge is -2.51. The number of alkyl carbamates (subject to hydrolysis) is 2. The highest BCUT2D eigenvalue weighted by atomic mass is 16.8. The van der Waals surface area contributed by atoms with Gasteiger partial charge in [0.05, 0.1) is 67.8 Å². The van der Waals surface area contributed by atoms with E-state index >= 15 is 0 Å². The second kappa shape index (κ2) is 37.8. The fourth-order valence-electron chi connectivity index (χ4n) is 14.2. The summed E-state index contributed by atoms with van der Waals surface area (Å²) in [4.78, 5) is 52.3. The van der Waals surface area contributed by atoms with Gasteiger partial charge in [-0.1, -0.05) is 67.6 Å². The minimum atomic E-state index is -1.73. The van der Waals surface area contributed by atoms with Gasteiger partial charge in [-0.25, -0.2) is 14.4 Å². The number of rotatable bonds is 20. The Labute approximate surface area is 604 Å². The fraction of sp³-hybridized carbons (Fsp3) is 0.746. The van der Waals surface area contributed by atoms with Gasteiger partial charge in [0, 0.05) is 67.2 Å². The number of nitrogens with zero attached hydrogens (tertiary/aromatic N) is 1. The number of carbonyl (C=O) groups is 4. The average Bonchev–Trinajstić information content (AvgIpc) is 1.49. The number of ether oxygens (including phenoxy) is 13. The largest absolute Gasteiger partial charge is 0.445 e. The van der Waals surface area contributed by atoms with E-state index in [0.717, 1.165) is 11.1 Å². The van der Waals surface area contributed by atoms with Gasteiger partial charge >= 0.3 is 18.3 Å². The minimum Gasteiger partial charge on any atom is -0.445 e. The number of nitrogens with two attached hydrogens (primary N) is 5. The van der Waals surface area contributed by atoms with Gasteiger partial charge in [-0.05, 0) is 56.7 Å². The maximum atomic E-state index is 13.2. The Balaban J connectivity index is 0.000000240. The van der Waals surface area contributed by atoms with Crippen LogP contribution in [0.15, 0.2) is 60.7 Å². The molecule has 0 spiro atoms. The molecule has 11 rings (SSSR count). The molecule has 7 saturated heterocycles. The highest BCUT2D eigenvalue weighted by molar-refractivity contribution is 7.49. The molecule has 0 aromatic heterocycles. The van der Waals surface area contributed by atoms with Crippen molar-refractivity contribution in [3.63, 3.8) is 0 Å². The number of aliphatic hydroxyl groups is 10. The molecule has 9 fully saturated rings. The number of carbonyl (C=O) groups excluding carboxylic acids is 4. The third-order valence-electron chi connectivity index (χ3n) is 19.7. The Morgan fingerprint density at radius 1 is 0.596 bits per heavy atom. The molecule has 4 amide bonds. The van der Waals surface area contributed by atoms with Crippen molar-refractivity contribution in [1.29, 1.82) is 0 Å². The van der Waals surface area contributed by atoms with E-state index in [4.69, 9.17) is 90.2 Å². The van der Waals surface area contributed by atoms with Gasteiger partial charge in [0.25, 0.3) is 5.91 Å². The molecule has 7 aliphatic heterocycles. The van der Waals surface area contributed by atoms with Crippen molar-refractivity contribution < 1.29 is 132 Å². The van der Waals surface area contributed by atoms with Crippen LogP contribution in [0.4, 0.5) is 14.4 Å². The molecule has 6 radical (unpaired) electrons. The second-order valence-corrected chi connectivity index (χ2v) is 27.4. The third kappa shape index (κ3) is 20.4. The van der Waals surface area contributed by atoms with Gasteiger partial charge in [0.2, 0.25) is 0 Å². The van der Waals surface area contributed by atoms with Crippen molar-refractivity contribution in [2.24, 2.45) is 34.6 Å². The highest BCUT2D eigenvalue weighted by Gasteiger charge is 2.61. The molecule has 2 aromatic rings. The smallest absolute Gasteiger partial charge is 0.410 e. The lowest BCUT2D eigenvalue weighted by molar-refractivity contribution is -0.374. The molecule has 2 aromatic carbocycles. The van der Waals surface area contributed by atoms with E-state index in [2.05, 4.69) is 44.5 Å². The van der Waals surface area contributed by atoms with E-state index in [-0.39, 0.29) is 51.0 Å². The lowest BCUT2D eigenvalue weighted by Crippen LogP contribution is -2.70. The predicted molar refractivity (Wildman–Crippen MR) is 361 cm³/mol. The minimum absolute atomic E-state index is 0.00476. The summed E-state index contributed by atoms with van der Waals surface area (Å²) in [7, 11) is 17.0. The Morgan fingerprint density at radius 2 is 1.14 bits per heavy atom. The number of likely N-dealkylation sites (N-methyl/N-ethyl adjacent to an activating group) is 2. The Morgan fingerprint density at radius 3 is 1.74 bits per heavy atom. The first-order valence-electron chi connectivity index (χ1n) is 34.6. The van der Waals surface area contributed by atoms with Crippen molar-refractivity contribution in [2.75, 3.05) is 33.9 Å². The van der Waals surface area contributed by atoms with E-state index in [1.165, 1.54) is 19.0 Å². The van der Waals surface area contributed by atoms with Crippen molar-refractivity contribution in [3.05, 3.63) is 71.8 Å². The second-order valence-electron chi connectivity index (χ2n) is 27.4. The number of hydrogen-bond donors (Lipinski definition) is 19. The molecule has 37 nitrogen and oxygen atoms in total. The molecular weight excluding hydrogens is 1370 g/mol. The van der Waals surface area contributed by atoms with E-state index in [1.807, 2.05) is 67.6 Å². The van der Waals surface area contributed by atoms with Gasteiger partial charge in [-0.15, -0.1) is 0 Å². The van der Waals surface area contributed by atoms with Crippen LogP contribution in [0.1, 0.15) is 56.6 Å². The van der Waals surface area contributed by atoms with Crippen LogP contribution in [0.25, 0.3) is 0 Å². The number of benzene rings is 2. The maximum Gasteiger partial charge on any atom is 0.410 e. The summed E-state index contributed by atoms with van der Waals surface area (Å²) in [5.74, 6) is -1.31. The lowest BCUT2D eigenvalue weighted by atomic mass is 9.08. The predicted octanol–water partition coefficient (Wildman–Crippen LogP) is -8.77. The zero-order chi connectivity index (χ0) is 75.5. The van der Waals surface area contributed by atoms with Crippen molar-refractivity contribution in [3.8, 4) is 0 Å². The van der Waals surface area contributed by atoms with Crippen LogP contribution >= 0.6 is 0 Å². The zero-order valence-electron chi connectivity index (χ0n) is 57.7. The molecule has 104 heavy (non-hydrogen) atoms. The van der Waals surface area contributed by atoms with E-state index in [9.17, 15) is 70.2 Å². The van der Waals surface area contributed by atoms with Gasteiger partial charge in [-0.2, -0.15) is 0 Å². The normalized spacial score (nSPS) is 41.4. The molecule has 2 aliphatic carbocycles. The number of nitrogens with one attached hydrogen (secondary N) is 4. The van der Waals surface area contributed by atoms with Gasteiger partial charge < -0.3 is 163 Å². The summed E-state index contributed by atoms with van der Waals surface area (Å²) in [5.41, 5.74) is 31.2. The molecule has 0 bridgehead atoms. The quantitative estimate of drug-likeness (QED) is 0.0432. The molecule has 33 atom stereocenters. The van der Waals surface area contributed by atoms with Crippen molar-refractivity contribution in [1.82, 2.24) is 26.2 Å². The third-order valence-corrected chi connectivity index (χ3v) is 19.7. The van der Waals surface area contributed by atoms with Crippen LogP contribution in [0.2, 0.25) is 0 Å². The maximum absolute atomic E-state index is 13.2. The highest BCUT2D eigenvalue weighted by Crippen LogP contribution is 2.43.